The molecular weight excluding hydrogens is 340 g/mol. The lowest BCUT2D eigenvalue weighted by Gasteiger charge is -2.17. The summed E-state index contributed by atoms with van der Waals surface area (Å²) < 4.78 is 29.6. The second kappa shape index (κ2) is 8.84. The summed E-state index contributed by atoms with van der Waals surface area (Å²) >= 11 is 9.50. The summed E-state index contributed by atoms with van der Waals surface area (Å²) in [5, 5.41) is 3.84. The van der Waals surface area contributed by atoms with E-state index in [-0.39, 0.29) is 6.04 Å². The number of likely N-dealkylation sites (N-methyl/N-ethyl adjacent to an activating group) is 1. The Bertz CT molecular complexity index is 393. The first kappa shape index (κ1) is 16.8. The minimum absolute atomic E-state index is 0.149. The monoisotopic (exact) mass is 355 g/mol. The quantitative estimate of drug-likeness (QED) is 0.713. The summed E-state index contributed by atoms with van der Waals surface area (Å²) in [5.41, 5.74) is 1.03. The molecule has 1 unspecified atom stereocenters. The molecule has 2 nitrogen and oxygen atoms in total. The molecular formula is C13H17BrClF2NO. The van der Waals surface area contributed by atoms with Crippen molar-refractivity contribution in [2.24, 2.45) is 0 Å². The van der Waals surface area contributed by atoms with E-state index in [2.05, 4.69) is 21.2 Å². The highest BCUT2D eigenvalue weighted by atomic mass is 79.9. The summed E-state index contributed by atoms with van der Waals surface area (Å²) in [6, 6.07) is 5.88. The van der Waals surface area contributed by atoms with Crippen molar-refractivity contribution in [1.82, 2.24) is 5.32 Å². The molecule has 0 spiro atoms. The van der Waals surface area contributed by atoms with Gasteiger partial charge in [0.1, 0.15) is 6.61 Å². The van der Waals surface area contributed by atoms with Crippen LogP contribution in [-0.4, -0.2) is 32.7 Å². The molecule has 6 heteroatoms. The Morgan fingerprint density at radius 1 is 1.42 bits per heavy atom. The highest BCUT2D eigenvalue weighted by Crippen LogP contribution is 2.22. The van der Waals surface area contributed by atoms with Crippen molar-refractivity contribution in [3.05, 3.63) is 33.3 Å². The number of benzene rings is 1. The van der Waals surface area contributed by atoms with E-state index in [0.29, 0.717) is 18.1 Å². The van der Waals surface area contributed by atoms with Gasteiger partial charge in [-0.25, -0.2) is 8.78 Å². The third-order valence-corrected chi connectivity index (χ3v) is 3.59. The molecule has 19 heavy (non-hydrogen) atoms. The number of alkyl halides is 2. The van der Waals surface area contributed by atoms with Crippen molar-refractivity contribution in [3.63, 3.8) is 0 Å². The fourth-order valence-corrected chi connectivity index (χ4v) is 2.45. The molecule has 0 aromatic heterocycles. The van der Waals surface area contributed by atoms with Gasteiger partial charge in [-0.05, 0) is 37.6 Å². The Labute approximate surface area is 125 Å². The number of hydrogen-bond acceptors (Lipinski definition) is 2. The third-order valence-electron chi connectivity index (χ3n) is 2.74. The SMILES string of the molecule is CNC(CCOCC(F)F)Cc1ccc(Br)cc1Cl. The van der Waals surface area contributed by atoms with Crippen LogP contribution in [0.5, 0.6) is 0 Å². The molecule has 0 aliphatic carbocycles. The lowest BCUT2D eigenvalue weighted by Crippen LogP contribution is -2.29. The van der Waals surface area contributed by atoms with Crippen molar-refractivity contribution >= 4 is 27.5 Å². The van der Waals surface area contributed by atoms with Gasteiger partial charge in [-0.15, -0.1) is 0 Å². The van der Waals surface area contributed by atoms with Crippen molar-refractivity contribution < 1.29 is 13.5 Å². The molecule has 0 radical (unpaired) electrons. The zero-order chi connectivity index (χ0) is 14.3. The molecule has 0 amide bonds. The van der Waals surface area contributed by atoms with Crippen molar-refractivity contribution in [1.29, 1.82) is 0 Å². The van der Waals surface area contributed by atoms with E-state index in [4.69, 9.17) is 16.3 Å². The predicted octanol–water partition coefficient (Wildman–Crippen LogP) is 3.90. The maximum absolute atomic E-state index is 11.9. The van der Waals surface area contributed by atoms with Crippen LogP contribution in [0, 0.1) is 0 Å². The summed E-state index contributed by atoms with van der Waals surface area (Å²) in [4.78, 5) is 0. The zero-order valence-corrected chi connectivity index (χ0v) is 13.0. The number of hydrogen-bond donors (Lipinski definition) is 1. The van der Waals surface area contributed by atoms with Gasteiger partial charge < -0.3 is 10.1 Å². The Balaban J connectivity index is 2.43. The normalized spacial score (nSPS) is 12.9. The van der Waals surface area contributed by atoms with Crippen LogP contribution in [-0.2, 0) is 11.2 Å². The largest absolute Gasteiger partial charge is 0.375 e. The molecule has 0 saturated heterocycles. The fourth-order valence-electron chi connectivity index (χ4n) is 1.70. The third kappa shape index (κ3) is 6.65. The van der Waals surface area contributed by atoms with E-state index in [1.165, 1.54) is 0 Å². The van der Waals surface area contributed by atoms with Gasteiger partial charge in [-0.1, -0.05) is 33.6 Å². The molecule has 1 rings (SSSR count). The number of halogens is 4. The van der Waals surface area contributed by atoms with Crippen LogP contribution in [0.1, 0.15) is 12.0 Å². The maximum atomic E-state index is 11.9. The van der Waals surface area contributed by atoms with Crippen LogP contribution < -0.4 is 5.32 Å². The van der Waals surface area contributed by atoms with Crippen LogP contribution in [0.25, 0.3) is 0 Å². The molecule has 108 valence electrons. The van der Waals surface area contributed by atoms with E-state index in [9.17, 15) is 8.78 Å². The van der Waals surface area contributed by atoms with Crippen molar-refractivity contribution in [3.8, 4) is 0 Å². The molecule has 1 aromatic rings. The van der Waals surface area contributed by atoms with Gasteiger partial charge in [0.05, 0.1) is 0 Å². The highest BCUT2D eigenvalue weighted by molar-refractivity contribution is 9.10. The van der Waals surface area contributed by atoms with Crippen molar-refractivity contribution in [2.45, 2.75) is 25.3 Å². The molecule has 0 aliphatic rings. The minimum atomic E-state index is -2.41. The first-order valence-electron chi connectivity index (χ1n) is 6.00. The molecule has 1 atom stereocenters. The standard InChI is InChI=1S/C13H17BrClF2NO/c1-18-11(4-5-19-8-13(16)17)6-9-2-3-10(14)7-12(9)15/h2-3,7,11,13,18H,4-6,8H2,1H3. The fraction of sp³-hybridized carbons (Fsp3) is 0.538. The zero-order valence-electron chi connectivity index (χ0n) is 10.6. The van der Waals surface area contributed by atoms with Crippen LogP contribution in [0.3, 0.4) is 0 Å². The van der Waals surface area contributed by atoms with Crippen LogP contribution in [0.4, 0.5) is 8.78 Å². The summed E-state index contributed by atoms with van der Waals surface area (Å²) in [6.45, 7) is -0.195. The van der Waals surface area contributed by atoms with Gasteiger partial charge in [0.2, 0.25) is 0 Å². The lowest BCUT2D eigenvalue weighted by molar-refractivity contribution is 0.0146. The molecule has 1 aromatic carbocycles. The van der Waals surface area contributed by atoms with Crippen LogP contribution in [0.2, 0.25) is 5.02 Å². The lowest BCUT2D eigenvalue weighted by atomic mass is 10.0. The van der Waals surface area contributed by atoms with Gasteiger partial charge in [0, 0.05) is 22.1 Å². The number of ether oxygens (including phenoxy) is 1. The van der Waals surface area contributed by atoms with E-state index in [0.717, 1.165) is 16.5 Å². The summed E-state index contributed by atoms with van der Waals surface area (Å²) in [7, 11) is 1.84. The molecule has 1 N–H and O–H groups in total. The Hall–Kier alpha value is -0.230. The second-order valence-electron chi connectivity index (χ2n) is 4.18. The number of rotatable bonds is 8. The minimum Gasteiger partial charge on any atom is -0.375 e. The second-order valence-corrected chi connectivity index (χ2v) is 5.50. The van der Waals surface area contributed by atoms with E-state index in [1.54, 1.807) is 0 Å². The summed E-state index contributed by atoms with van der Waals surface area (Å²) in [5.74, 6) is 0. The predicted molar refractivity (Wildman–Crippen MR) is 77.1 cm³/mol. The molecule has 0 aliphatic heterocycles. The first-order valence-corrected chi connectivity index (χ1v) is 7.17. The number of nitrogens with one attached hydrogen (secondary N) is 1. The van der Waals surface area contributed by atoms with E-state index < -0.39 is 13.0 Å². The molecule has 0 saturated carbocycles. The first-order chi connectivity index (χ1) is 9.02. The van der Waals surface area contributed by atoms with Gasteiger partial charge in [-0.2, -0.15) is 0 Å². The van der Waals surface area contributed by atoms with Gasteiger partial charge in [0.25, 0.3) is 6.43 Å². The Morgan fingerprint density at radius 2 is 2.16 bits per heavy atom. The van der Waals surface area contributed by atoms with Gasteiger partial charge in [0.15, 0.2) is 0 Å². The molecule has 0 bridgehead atoms. The molecule has 0 fully saturated rings. The summed E-state index contributed by atoms with van der Waals surface area (Å²) in [6.07, 6.45) is -1.01. The maximum Gasteiger partial charge on any atom is 0.261 e. The van der Waals surface area contributed by atoms with Crippen molar-refractivity contribution in [2.75, 3.05) is 20.3 Å². The topological polar surface area (TPSA) is 21.3 Å². The van der Waals surface area contributed by atoms with Crippen LogP contribution in [0.15, 0.2) is 22.7 Å². The average molecular weight is 357 g/mol. The molecule has 0 heterocycles. The average Bonchev–Trinajstić information content (AvgIpc) is 2.35. The van der Waals surface area contributed by atoms with Crippen LogP contribution >= 0.6 is 27.5 Å². The Morgan fingerprint density at radius 3 is 2.74 bits per heavy atom. The smallest absolute Gasteiger partial charge is 0.261 e. The van der Waals surface area contributed by atoms with Gasteiger partial charge >= 0.3 is 0 Å². The van der Waals surface area contributed by atoms with E-state index in [1.807, 2.05) is 25.2 Å². The van der Waals surface area contributed by atoms with Gasteiger partial charge in [-0.3, -0.25) is 0 Å². The van der Waals surface area contributed by atoms with E-state index >= 15 is 0 Å². The highest BCUT2D eigenvalue weighted by Gasteiger charge is 2.11. The Kier molecular flexibility index (Phi) is 7.83.